The second kappa shape index (κ2) is 7.37. The van der Waals surface area contributed by atoms with Gasteiger partial charge in [-0.2, -0.15) is 0 Å². The highest BCUT2D eigenvalue weighted by Gasteiger charge is 2.09. The molecule has 0 spiro atoms. The summed E-state index contributed by atoms with van der Waals surface area (Å²) >= 11 is 6.13. The maximum Gasteiger partial charge on any atom is 0.251 e. The molecule has 0 aromatic heterocycles. The molecule has 0 aliphatic carbocycles. The first kappa shape index (κ1) is 16.3. The van der Waals surface area contributed by atoms with Crippen molar-refractivity contribution in [3.05, 3.63) is 76.8 Å². The third-order valence-electron chi connectivity index (χ3n) is 3.76. The summed E-state index contributed by atoms with van der Waals surface area (Å²) in [6.45, 7) is 2.89. The van der Waals surface area contributed by atoms with E-state index in [2.05, 4.69) is 29.6 Å². The van der Waals surface area contributed by atoms with Gasteiger partial charge in [0.15, 0.2) is 0 Å². The summed E-state index contributed by atoms with van der Waals surface area (Å²) in [5.41, 5.74) is 1.57. The molecular formula is C20H18ClNO2. The predicted octanol–water partition coefficient (Wildman–Crippen LogP) is 4.82. The summed E-state index contributed by atoms with van der Waals surface area (Å²) in [7, 11) is 0. The fraction of sp³-hybridized carbons (Fsp3) is 0.150. The van der Waals surface area contributed by atoms with Crippen LogP contribution in [0.1, 0.15) is 22.8 Å². The van der Waals surface area contributed by atoms with E-state index in [0.29, 0.717) is 29.5 Å². The number of carbonyl (C=O) groups excluding carboxylic acids is 1. The van der Waals surface area contributed by atoms with E-state index >= 15 is 0 Å². The van der Waals surface area contributed by atoms with Crippen LogP contribution in [-0.2, 0) is 6.54 Å². The van der Waals surface area contributed by atoms with Gasteiger partial charge in [0.05, 0.1) is 11.6 Å². The number of carbonyl (C=O) groups is 1. The van der Waals surface area contributed by atoms with Gasteiger partial charge in [-0.25, -0.2) is 0 Å². The van der Waals surface area contributed by atoms with Crippen molar-refractivity contribution in [1.29, 1.82) is 0 Å². The van der Waals surface area contributed by atoms with Gasteiger partial charge in [-0.15, -0.1) is 0 Å². The normalized spacial score (nSPS) is 10.6. The van der Waals surface area contributed by atoms with Gasteiger partial charge >= 0.3 is 0 Å². The molecule has 0 bridgehead atoms. The third kappa shape index (κ3) is 3.69. The van der Waals surface area contributed by atoms with Gasteiger partial charge in [-0.1, -0.05) is 48.0 Å². The Morgan fingerprint density at radius 3 is 2.58 bits per heavy atom. The number of benzene rings is 3. The maximum absolute atomic E-state index is 12.3. The first-order valence-electron chi connectivity index (χ1n) is 7.85. The lowest BCUT2D eigenvalue weighted by molar-refractivity contribution is 0.0951. The lowest BCUT2D eigenvalue weighted by Gasteiger charge is -2.09. The molecule has 3 nitrogen and oxygen atoms in total. The van der Waals surface area contributed by atoms with E-state index in [4.69, 9.17) is 16.3 Å². The van der Waals surface area contributed by atoms with Crippen molar-refractivity contribution >= 4 is 28.3 Å². The lowest BCUT2D eigenvalue weighted by atomic mass is 10.1. The monoisotopic (exact) mass is 339 g/mol. The van der Waals surface area contributed by atoms with Gasteiger partial charge < -0.3 is 10.1 Å². The number of rotatable bonds is 5. The van der Waals surface area contributed by atoms with Crippen molar-refractivity contribution in [2.45, 2.75) is 13.5 Å². The predicted molar refractivity (Wildman–Crippen MR) is 97.7 cm³/mol. The lowest BCUT2D eigenvalue weighted by Crippen LogP contribution is -2.22. The standard InChI is InChI=1S/C20H18ClNO2/c1-2-24-19-10-9-17(12-18(19)21)20(23)22-13-14-7-8-15-5-3-4-6-16(15)11-14/h3-12H,2,13H2,1H3,(H,22,23). The first-order chi connectivity index (χ1) is 11.7. The Morgan fingerprint density at radius 2 is 1.83 bits per heavy atom. The second-order valence-corrected chi connectivity index (χ2v) is 5.85. The minimum atomic E-state index is -0.159. The van der Waals surface area contributed by atoms with E-state index in [-0.39, 0.29) is 5.91 Å². The van der Waals surface area contributed by atoms with Crippen molar-refractivity contribution in [2.24, 2.45) is 0 Å². The molecule has 0 saturated heterocycles. The number of amides is 1. The minimum absolute atomic E-state index is 0.159. The minimum Gasteiger partial charge on any atom is -0.492 e. The highest BCUT2D eigenvalue weighted by atomic mass is 35.5. The third-order valence-corrected chi connectivity index (χ3v) is 4.06. The van der Waals surface area contributed by atoms with E-state index < -0.39 is 0 Å². The summed E-state index contributed by atoms with van der Waals surface area (Å²) < 4.78 is 5.38. The van der Waals surface area contributed by atoms with Gasteiger partial charge in [0, 0.05) is 12.1 Å². The quantitative estimate of drug-likeness (QED) is 0.723. The van der Waals surface area contributed by atoms with Crippen LogP contribution in [0.5, 0.6) is 5.75 Å². The molecule has 1 N–H and O–H groups in total. The zero-order chi connectivity index (χ0) is 16.9. The molecule has 1 amide bonds. The van der Waals surface area contributed by atoms with Crippen molar-refractivity contribution in [3.63, 3.8) is 0 Å². The van der Waals surface area contributed by atoms with Crippen molar-refractivity contribution in [3.8, 4) is 5.75 Å². The van der Waals surface area contributed by atoms with Gasteiger partial charge in [0.2, 0.25) is 0 Å². The van der Waals surface area contributed by atoms with E-state index in [9.17, 15) is 4.79 Å². The summed E-state index contributed by atoms with van der Waals surface area (Å²) in [6.07, 6.45) is 0. The fourth-order valence-corrected chi connectivity index (χ4v) is 2.78. The first-order valence-corrected chi connectivity index (χ1v) is 8.23. The molecule has 0 aliphatic heterocycles. The molecule has 0 fully saturated rings. The average molecular weight is 340 g/mol. The van der Waals surface area contributed by atoms with Crippen LogP contribution in [0.4, 0.5) is 0 Å². The van der Waals surface area contributed by atoms with Crippen LogP contribution in [0.3, 0.4) is 0 Å². The largest absolute Gasteiger partial charge is 0.492 e. The number of ether oxygens (including phenoxy) is 1. The van der Waals surface area contributed by atoms with Crippen LogP contribution in [-0.4, -0.2) is 12.5 Å². The molecule has 4 heteroatoms. The zero-order valence-electron chi connectivity index (χ0n) is 13.4. The second-order valence-electron chi connectivity index (χ2n) is 5.44. The molecule has 0 heterocycles. The van der Waals surface area contributed by atoms with Gasteiger partial charge in [-0.3, -0.25) is 4.79 Å². The molecule has 0 aliphatic rings. The van der Waals surface area contributed by atoms with Gasteiger partial charge in [0.1, 0.15) is 5.75 Å². The summed E-state index contributed by atoms with van der Waals surface area (Å²) in [6, 6.07) is 19.4. The molecule has 3 aromatic rings. The molecule has 24 heavy (non-hydrogen) atoms. The molecule has 0 atom stereocenters. The highest BCUT2D eigenvalue weighted by Crippen LogP contribution is 2.25. The van der Waals surface area contributed by atoms with Crippen LogP contribution in [0.2, 0.25) is 5.02 Å². The Bertz CT molecular complexity index is 876. The number of hydrogen-bond donors (Lipinski definition) is 1. The van der Waals surface area contributed by atoms with Crippen LogP contribution in [0.15, 0.2) is 60.7 Å². The average Bonchev–Trinajstić information content (AvgIpc) is 2.61. The molecule has 0 saturated carbocycles. The SMILES string of the molecule is CCOc1ccc(C(=O)NCc2ccc3ccccc3c2)cc1Cl. The van der Waals surface area contributed by atoms with Crippen LogP contribution < -0.4 is 10.1 Å². The maximum atomic E-state index is 12.3. The van der Waals surface area contributed by atoms with Crippen LogP contribution in [0.25, 0.3) is 10.8 Å². The molecule has 0 unspecified atom stereocenters. The summed E-state index contributed by atoms with van der Waals surface area (Å²) in [5, 5.41) is 5.71. The van der Waals surface area contributed by atoms with Crippen molar-refractivity contribution in [2.75, 3.05) is 6.61 Å². The van der Waals surface area contributed by atoms with E-state index in [0.717, 1.165) is 10.9 Å². The van der Waals surface area contributed by atoms with Crippen molar-refractivity contribution < 1.29 is 9.53 Å². The highest BCUT2D eigenvalue weighted by molar-refractivity contribution is 6.32. The number of fused-ring (bicyclic) bond motifs is 1. The molecule has 3 rings (SSSR count). The Kier molecular flexibility index (Phi) is 5.02. The topological polar surface area (TPSA) is 38.3 Å². The summed E-state index contributed by atoms with van der Waals surface area (Å²) in [4.78, 5) is 12.3. The summed E-state index contributed by atoms with van der Waals surface area (Å²) in [5.74, 6) is 0.429. The van der Waals surface area contributed by atoms with Gasteiger partial charge in [-0.05, 0) is 47.5 Å². The van der Waals surface area contributed by atoms with Gasteiger partial charge in [0.25, 0.3) is 5.91 Å². The van der Waals surface area contributed by atoms with E-state index in [1.165, 1.54) is 5.39 Å². The van der Waals surface area contributed by atoms with Crippen LogP contribution in [0, 0.1) is 0 Å². The van der Waals surface area contributed by atoms with Crippen LogP contribution >= 0.6 is 11.6 Å². The molecule has 0 radical (unpaired) electrons. The fourth-order valence-electron chi connectivity index (χ4n) is 2.55. The Morgan fingerprint density at radius 1 is 1.04 bits per heavy atom. The number of hydrogen-bond acceptors (Lipinski definition) is 2. The number of nitrogens with one attached hydrogen (secondary N) is 1. The zero-order valence-corrected chi connectivity index (χ0v) is 14.1. The smallest absolute Gasteiger partial charge is 0.251 e. The van der Waals surface area contributed by atoms with E-state index in [1.54, 1.807) is 18.2 Å². The Labute approximate surface area is 146 Å². The van der Waals surface area contributed by atoms with Crippen molar-refractivity contribution in [1.82, 2.24) is 5.32 Å². The molecular weight excluding hydrogens is 322 g/mol. The Hall–Kier alpha value is -2.52. The Balaban J connectivity index is 1.69. The molecule has 3 aromatic carbocycles. The molecule has 122 valence electrons. The number of halogens is 1. The van der Waals surface area contributed by atoms with E-state index in [1.807, 2.05) is 25.1 Å².